The van der Waals surface area contributed by atoms with Gasteiger partial charge in [-0.2, -0.15) is 0 Å². The highest BCUT2D eigenvalue weighted by atomic mass is 35.5. The number of nitrogens with one attached hydrogen (secondary N) is 2. The molecule has 0 saturated carbocycles. The molecule has 0 bridgehead atoms. The molecular formula is C15H18Cl2N4O3S2. The van der Waals surface area contributed by atoms with E-state index in [9.17, 15) is 13.2 Å². The van der Waals surface area contributed by atoms with Crippen molar-refractivity contribution in [2.24, 2.45) is 0 Å². The summed E-state index contributed by atoms with van der Waals surface area (Å²) in [5, 5.41) is 11.5. The first-order valence-corrected chi connectivity index (χ1v) is 10.7. The molecule has 0 saturated heterocycles. The smallest absolute Gasteiger partial charge is 0.259 e. The van der Waals surface area contributed by atoms with Crippen LogP contribution in [0.1, 0.15) is 49.0 Å². The van der Waals surface area contributed by atoms with Gasteiger partial charge < -0.3 is 0 Å². The van der Waals surface area contributed by atoms with E-state index in [0.717, 1.165) is 11.1 Å². The fourth-order valence-corrected chi connectivity index (χ4v) is 4.82. The Morgan fingerprint density at radius 2 is 1.77 bits per heavy atom. The number of halogens is 2. The lowest BCUT2D eigenvalue weighted by Crippen LogP contribution is -2.30. The summed E-state index contributed by atoms with van der Waals surface area (Å²) in [5.41, 5.74) is -0.0264. The van der Waals surface area contributed by atoms with Gasteiger partial charge >= 0.3 is 0 Å². The molecule has 2 N–H and O–H groups in total. The summed E-state index contributed by atoms with van der Waals surface area (Å²) in [6.45, 7) is 7.27. The lowest BCUT2D eigenvalue weighted by atomic mass is 10.2. The summed E-state index contributed by atoms with van der Waals surface area (Å²) in [5.74, 6) is -0.421. The summed E-state index contributed by atoms with van der Waals surface area (Å²) < 4.78 is 27.2. The predicted molar refractivity (Wildman–Crippen MR) is 104 cm³/mol. The number of carbonyl (C=O) groups is 1. The van der Waals surface area contributed by atoms with Crippen molar-refractivity contribution in [3.05, 3.63) is 32.7 Å². The number of anilines is 1. The molecule has 11 heteroatoms. The number of rotatable bonds is 6. The molecular weight excluding hydrogens is 419 g/mol. The zero-order chi connectivity index (χ0) is 19.6. The van der Waals surface area contributed by atoms with E-state index in [2.05, 4.69) is 20.2 Å². The van der Waals surface area contributed by atoms with Crippen LogP contribution in [0.2, 0.25) is 10.0 Å². The van der Waals surface area contributed by atoms with Crippen LogP contribution in [-0.2, 0) is 10.0 Å². The molecule has 2 rings (SSSR count). The Labute approximate surface area is 166 Å². The fourth-order valence-electron chi connectivity index (χ4n) is 1.97. The van der Waals surface area contributed by atoms with E-state index in [1.54, 1.807) is 13.8 Å². The molecule has 1 aromatic heterocycles. The molecule has 142 valence electrons. The molecule has 0 fully saturated rings. The van der Waals surface area contributed by atoms with E-state index in [1.165, 1.54) is 17.4 Å². The van der Waals surface area contributed by atoms with Gasteiger partial charge in [-0.1, -0.05) is 48.4 Å². The van der Waals surface area contributed by atoms with Crippen molar-refractivity contribution >= 4 is 55.6 Å². The second-order valence-corrected chi connectivity index (χ2v) is 9.60. The molecule has 0 spiro atoms. The van der Waals surface area contributed by atoms with E-state index >= 15 is 0 Å². The normalized spacial score (nSPS) is 12.0. The molecule has 0 radical (unpaired) electrons. The maximum Gasteiger partial charge on any atom is 0.259 e. The fraction of sp³-hybridized carbons (Fsp3) is 0.400. The topological polar surface area (TPSA) is 101 Å². The molecule has 1 amide bonds. The minimum Gasteiger partial charge on any atom is -0.296 e. The Hall–Kier alpha value is -1.26. The number of aromatic nitrogens is 2. The highest BCUT2D eigenvalue weighted by Gasteiger charge is 2.24. The quantitative estimate of drug-likeness (QED) is 0.714. The second kappa shape index (κ2) is 8.18. The summed E-state index contributed by atoms with van der Waals surface area (Å²) in [7, 11) is -3.89. The number of hydrogen-bond donors (Lipinski definition) is 2. The van der Waals surface area contributed by atoms with Crippen LogP contribution in [0.4, 0.5) is 5.13 Å². The van der Waals surface area contributed by atoms with Gasteiger partial charge in [0.15, 0.2) is 0 Å². The summed E-state index contributed by atoms with van der Waals surface area (Å²) in [4.78, 5) is 12.3. The standard InChI is InChI=1S/C15H18Cl2N4O3S2/c1-7(2)14-19-20-15(25-14)18-13(22)9-5-12(11(17)6-10(9)16)26(23,24)21-8(3)4/h5-8,21H,1-4H3,(H,18,20,22). The average molecular weight is 437 g/mol. The van der Waals surface area contributed by atoms with Gasteiger partial charge in [-0.15, -0.1) is 10.2 Å². The van der Waals surface area contributed by atoms with Crippen LogP contribution >= 0.6 is 34.5 Å². The molecule has 0 aliphatic heterocycles. The van der Waals surface area contributed by atoms with Gasteiger partial charge in [0.25, 0.3) is 5.91 Å². The van der Waals surface area contributed by atoms with Crippen molar-refractivity contribution in [2.45, 2.75) is 44.6 Å². The van der Waals surface area contributed by atoms with Crippen molar-refractivity contribution in [3.8, 4) is 0 Å². The second-order valence-electron chi connectivity index (χ2n) is 6.09. The molecule has 1 heterocycles. The van der Waals surface area contributed by atoms with Crippen molar-refractivity contribution in [1.29, 1.82) is 0 Å². The van der Waals surface area contributed by atoms with E-state index in [1.807, 2.05) is 13.8 Å². The predicted octanol–water partition coefficient (Wildman–Crippen LogP) is 3.91. The lowest BCUT2D eigenvalue weighted by molar-refractivity contribution is 0.102. The Morgan fingerprint density at radius 1 is 1.12 bits per heavy atom. The lowest BCUT2D eigenvalue weighted by Gasteiger charge is -2.13. The first-order chi connectivity index (χ1) is 12.0. The molecule has 0 unspecified atom stereocenters. The maximum absolute atomic E-state index is 12.5. The van der Waals surface area contributed by atoms with Crippen LogP contribution in [0.15, 0.2) is 17.0 Å². The van der Waals surface area contributed by atoms with Crippen LogP contribution in [0, 0.1) is 0 Å². The molecule has 2 aromatic rings. The van der Waals surface area contributed by atoms with Gasteiger partial charge in [0.2, 0.25) is 15.2 Å². The highest BCUT2D eigenvalue weighted by molar-refractivity contribution is 7.89. The number of sulfonamides is 1. The summed E-state index contributed by atoms with van der Waals surface area (Å²) in [6.07, 6.45) is 0. The van der Waals surface area contributed by atoms with Gasteiger partial charge in [-0.25, -0.2) is 13.1 Å². The zero-order valence-corrected chi connectivity index (χ0v) is 17.6. The SMILES string of the molecule is CC(C)NS(=O)(=O)c1cc(C(=O)Nc2nnc(C(C)C)s2)c(Cl)cc1Cl. The van der Waals surface area contributed by atoms with Gasteiger partial charge in [0.05, 0.1) is 15.6 Å². The van der Waals surface area contributed by atoms with Crippen molar-refractivity contribution < 1.29 is 13.2 Å². The number of benzene rings is 1. The molecule has 26 heavy (non-hydrogen) atoms. The van der Waals surface area contributed by atoms with Gasteiger partial charge in [0.1, 0.15) is 9.90 Å². The average Bonchev–Trinajstić information content (AvgIpc) is 2.94. The number of nitrogens with zero attached hydrogens (tertiary/aromatic N) is 2. The third kappa shape index (κ3) is 4.92. The van der Waals surface area contributed by atoms with Gasteiger partial charge in [-0.3, -0.25) is 10.1 Å². The molecule has 0 atom stereocenters. The minimum atomic E-state index is -3.89. The molecule has 0 aliphatic carbocycles. The minimum absolute atomic E-state index is 0.0264. The molecule has 7 nitrogen and oxygen atoms in total. The number of hydrogen-bond acceptors (Lipinski definition) is 6. The van der Waals surface area contributed by atoms with Crippen LogP contribution in [-0.4, -0.2) is 30.6 Å². The van der Waals surface area contributed by atoms with Crippen molar-refractivity contribution in [1.82, 2.24) is 14.9 Å². The van der Waals surface area contributed by atoms with E-state index in [4.69, 9.17) is 23.2 Å². The number of carbonyl (C=O) groups excluding carboxylic acids is 1. The summed E-state index contributed by atoms with van der Waals surface area (Å²) in [6, 6.07) is 2.04. The summed E-state index contributed by atoms with van der Waals surface area (Å²) >= 11 is 13.3. The first-order valence-electron chi connectivity index (χ1n) is 7.67. The third-order valence-corrected chi connectivity index (χ3v) is 6.68. The van der Waals surface area contributed by atoms with Crippen LogP contribution in [0.5, 0.6) is 0 Å². The Kier molecular flexibility index (Phi) is 6.62. The largest absolute Gasteiger partial charge is 0.296 e. The van der Waals surface area contributed by atoms with Gasteiger partial charge in [-0.05, 0) is 26.0 Å². The molecule has 1 aromatic carbocycles. The van der Waals surface area contributed by atoms with Crippen LogP contribution in [0.25, 0.3) is 0 Å². The van der Waals surface area contributed by atoms with E-state index in [0.29, 0.717) is 5.13 Å². The van der Waals surface area contributed by atoms with Crippen molar-refractivity contribution in [2.75, 3.05) is 5.32 Å². The Balaban J connectivity index is 2.36. The monoisotopic (exact) mass is 436 g/mol. The van der Waals surface area contributed by atoms with Crippen LogP contribution in [0.3, 0.4) is 0 Å². The third-order valence-electron chi connectivity index (χ3n) is 3.10. The number of amides is 1. The molecule has 0 aliphatic rings. The first kappa shape index (κ1) is 21.0. The van der Waals surface area contributed by atoms with Crippen molar-refractivity contribution in [3.63, 3.8) is 0 Å². The van der Waals surface area contributed by atoms with E-state index in [-0.39, 0.29) is 32.5 Å². The Morgan fingerprint density at radius 3 is 2.31 bits per heavy atom. The Bertz CT molecular complexity index is 927. The maximum atomic E-state index is 12.5. The highest BCUT2D eigenvalue weighted by Crippen LogP contribution is 2.30. The van der Waals surface area contributed by atoms with E-state index < -0.39 is 15.9 Å². The van der Waals surface area contributed by atoms with Crippen LogP contribution < -0.4 is 10.0 Å². The zero-order valence-electron chi connectivity index (χ0n) is 14.5. The van der Waals surface area contributed by atoms with Gasteiger partial charge in [0, 0.05) is 12.0 Å².